The number of rotatable bonds is 9. The molecule has 0 bridgehead atoms. The number of benzene rings is 2. The number of carbonyl (C=O) groups excluding carboxylic acids is 2. The number of nitrogens with zero attached hydrogens (tertiary/aromatic N) is 5. The van der Waals surface area contributed by atoms with Crippen LogP contribution in [0.2, 0.25) is 0 Å². The van der Waals surface area contributed by atoms with E-state index in [4.69, 9.17) is 4.74 Å². The third-order valence-electron chi connectivity index (χ3n) is 6.92. The summed E-state index contributed by atoms with van der Waals surface area (Å²) >= 11 is 1.16. The van der Waals surface area contributed by atoms with E-state index in [0.717, 1.165) is 16.9 Å². The summed E-state index contributed by atoms with van der Waals surface area (Å²) in [6, 6.07) is 7.54. The highest BCUT2D eigenvalue weighted by molar-refractivity contribution is 7.22. The number of thiazole rings is 1. The quantitative estimate of drug-likeness (QED) is 0.291. The van der Waals surface area contributed by atoms with Crippen molar-refractivity contribution in [2.75, 3.05) is 56.2 Å². The van der Waals surface area contributed by atoms with Gasteiger partial charge in [0.15, 0.2) is 5.13 Å². The number of morpholine rings is 1. The standard InChI is InChI=1S/C27H30F3N7O4S/c1-4-36(5-2)20-14-21-19(13-17(20)24(39)31-15-23(38)37-8-10-40-11-9-37)32-25(35(21)3)34-26-33-18-7-6-16(12-22(18)42-26)41-27(28,29)30/h6-7,12-14H,4-5,8-11,15H2,1-3H3,(H,31,39)(H,32,33,34). The SMILES string of the molecule is CCN(CC)c1cc2c(cc1C(=O)NCC(=O)N1CCOCC1)nc(Nc1nc3ccc(OC(F)(F)F)cc3s1)n2C. The molecule has 224 valence electrons. The Morgan fingerprint density at radius 1 is 1.10 bits per heavy atom. The maximum Gasteiger partial charge on any atom is 0.573 e. The molecule has 0 aliphatic carbocycles. The molecule has 1 aliphatic heterocycles. The van der Waals surface area contributed by atoms with Crippen LogP contribution >= 0.6 is 11.3 Å². The number of halogens is 3. The van der Waals surface area contributed by atoms with Crippen LogP contribution in [0.4, 0.5) is 29.9 Å². The zero-order chi connectivity index (χ0) is 30.0. The highest BCUT2D eigenvalue weighted by Gasteiger charge is 2.31. The van der Waals surface area contributed by atoms with Crippen molar-refractivity contribution < 1.29 is 32.2 Å². The van der Waals surface area contributed by atoms with Gasteiger partial charge in [-0.25, -0.2) is 9.97 Å². The number of ether oxygens (including phenoxy) is 2. The normalized spacial score (nSPS) is 13.9. The molecule has 2 aromatic carbocycles. The lowest BCUT2D eigenvalue weighted by molar-refractivity contribution is -0.274. The lowest BCUT2D eigenvalue weighted by Crippen LogP contribution is -2.45. The first-order chi connectivity index (χ1) is 20.1. The van der Waals surface area contributed by atoms with E-state index < -0.39 is 6.36 Å². The van der Waals surface area contributed by atoms with E-state index in [9.17, 15) is 22.8 Å². The van der Waals surface area contributed by atoms with E-state index in [-0.39, 0.29) is 24.1 Å². The molecule has 0 spiro atoms. The van der Waals surface area contributed by atoms with Crippen LogP contribution in [0.3, 0.4) is 0 Å². The van der Waals surface area contributed by atoms with Gasteiger partial charge in [-0.3, -0.25) is 9.59 Å². The summed E-state index contributed by atoms with van der Waals surface area (Å²) < 4.78 is 49.5. The van der Waals surface area contributed by atoms with E-state index in [2.05, 4.69) is 25.3 Å². The number of nitrogens with one attached hydrogen (secondary N) is 2. The third kappa shape index (κ3) is 6.36. The van der Waals surface area contributed by atoms with Crippen molar-refractivity contribution in [3.8, 4) is 5.75 Å². The fraction of sp³-hybridized carbons (Fsp3) is 0.407. The Labute approximate surface area is 243 Å². The first-order valence-corrected chi connectivity index (χ1v) is 14.2. The molecule has 1 saturated heterocycles. The average molecular weight is 606 g/mol. The molecule has 15 heteroatoms. The molecule has 5 rings (SSSR count). The van der Waals surface area contributed by atoms with Crippen molar-refractivity contribution in [3.63, 3.8) is 0 Å². The topological polar surface area (TPSA) is 114 Å². The molecule has 1 aliphatic rings. The molecule has 4 aromatic rings. The molecular formula is C27H30F3N7O4S. The van der Waals surface area contributed by atoms with E-state index in [1.165, 1.54) is 18.2 Å². The van der Waals surface area contributed by atoms with Crippen LogP contribution in [0.1, 0.15) is 24.2 Å². The van der Waals surface area contributed by atoms with E-state index >= 15 is 0 Å². The predicted octanol–water partition coefficient (Wildman–Crippen LogP) is 4.26. The largest absolute Gasteiger partial charge is 0.573 e. The van der Waals surface area contributed by atoms with Crippen molar-refractivity contribution in [3.05, 3.63) is 35.9 Å². The Kier molecular flexibility index (Phi) is 8.41. The van der Waals surface area contributed by atoms with Gasteiger partial charge in [0, 0.05) is 39.3 Å². The molecular weight excluding hydrogens is 575 g/mol. The number of imidazole rings is 1. The zero-order valence-corrected chi connectivity index (χ0v) is 24.1. The minimum absolute atomic E-state index is 0.128. The van der Waals surface area contributed by atoms with Gasteiger partial charge in [-0.05, 0) is 38.1 Å². The van der Waals surface area contributed by atoms with Crippen molar-refractivity contribution in [2.45, 2.75) is 20.2 Å². The Morgan fingerprint density at radius 3 is 2.52 bits per heavy atom. The van der Waals surface area contributed by atoms with Gasteiger partial charge < -0.3 is 34.5 Å². The molecule has 0 atom stereocenters. The van der Waals surface area contributed by atoms with Crippen molar-refractivity contribution in [1.29, 1.82) is 0 Å². The van der Waals surface area contributed by atoms with Crippen LogP contribution in [0.5, 0.6) is 5.75 Å². The second-order valence-corrected chi connectivity index (χ2v) is 10.6. The summed E-state index contributed by atoms with van der Waals surface area (Å²) in [5, 5.41) is 6.33. The maximum absolute atomic E-state index is 13.4. The molecule has 42 heavy (non-hydrogen) atoms. The van der Waals surface area contributed by atoms with Crippen LogP contribution in [0.25, 0.3) is 21.3 Å². The zero-order valence-electron chi connectivity index (χ0n) is 23.2. The number of anilines is 3. The Bertz CT molecular complexity index is 1610. The highest BCUT2D eigenvalue weighted by Crippen LogP contribution is 2.34. The van der Waals surface area contributed by atoms with Gasteiger partial charge in [0.1, 0.15) is 5.75 Å². The molecule has 1 fully saturated rings. The number of carbonyl (C=O) groups is 2. The van der Waals surface area contributed by atoms with Crippen molar-refractivity contribution in [2.24, 2.45) is 7.05 Å². The lowest BCUT2D eigenvalue weighted by Gasteiger charge is -2.27. The lowest BCUT2D eigenvalue weighted by atomic mass is 10.1. The Morgan fingerprint density at radius 2 is 1.83 bits per heavy atom. The minimum Gasteiger partial charge on any atom is -0.406 e. The molecule has 2 aromatic heterocycles. The monoisotopic (exact) mass is 605 g/mol. The average Bonchev–Trinajstić information content (AvgIpc) is 3.50. The second kappa shape index (κ2) is 12.0. The van der Waals surface area contributed by atoms with Crippen LogP contribution < -0.4 is 20.3 Å². The summed E-state index contributed by atoms with van der Waals surface area (Å²) in [7, 11) is 1.81. The smallest absolute Gasteiger partial charge is 0.406 e. The third-order valence-corrected chi connectivity index (χ3v) is 7.86. The fourth-order valence-corrected chi connectivity index (χ4v) is 5.66. The molecule has 3 heterocycles. The summed E-state index contributed by atoms with van der Waals surface area (Å²) in [6.45, 7) is 7.10. The highest BCUT2D eigenvalue weighted by atomic mass is 32.1. The molecule has 0 radical (unpaired) electrons. The van der Waals surface area contributed by atoms with Gasteiger partial charge in [0.05, 0.1) is 52.3 Å². The van der Waals surface area contributed by atoms with Gasteiger partial charge in [-0.1, -0.05) is 11.3 Å². The van der Waals surface area contributed by atoms with Crippen LogP contribution in [0, 0.1) is 0 Å². The molecule has 0 unspecified atom stereocenters. The first kappa shape index (κ1) is 29.4. The number of amides is 2. The molecule has 2 amide bonds. The van der Waals surface area contributed by atoms with E-state index in [1.807, 2.05) is 36.4 Å². The Balaban J connectivity index is 1.41. The molecule has 0 saturated carbocycles. The van der Waals surface area contributed by atoms with Crippen LogP contribution in [0.15, 0.2) is 30.3 Å². The van der Waals surface area contributed by atoms with E-state index in [1.54, 1.807) is 11.0 Å². The second-order valence-electron chi connectivity index (χ2n) is 9.52. The fourth-order valence-electron chi connectivity index (χ4n) is 4.77. The number of alkyl halides is 3. The number of hydrogen-bond donors (Lipinski definition) is 2. The van der Waals surface area contributed by atoms with Gasteiger partial charge in [0.2, 0.25) is 11.9 Å². The molecule has 11 nitrogen and oxygen atoms in total. The number of hydrogen-bond acceptors (Lipinski definition) is 9. The Hall–Kier alpha value is -4.11. The maximum atomic E-state index is 13.4. The predicted molar refractivity (Wildman–Crippen MR) is 154 cm³/mol. The van der Waals surface area contributed by atoms with Crippen molar-refractivity contribution >= 4 is 61.2 Å². The summed E-state index contributed by atoms with van der Waals surface area (Å²) in [6.07, 6.45) is -4.79. The van der Waals surface area contributed by atoms with Crippen molar-refractivity contribution in [1.82, 2.24) is 24.8 Å². The molecule has 2 N–H and O–H groups in total. The number of aryl methyl sites for hydroxylation is 1. The van der Waals surface area contributed by atoms with Crippen LogP contribution in [-0.2, 0) is 16.6 Å². The van der Waals surface area contributed by atoms with Gasteiger partial charge in [-0.2, -0.15) is 0 Å². The summed E-state index contributed by atoms with van der Waals surface area (Å²) in [5.41, 5.74) is 2.90. The van der Waals surface area contributed by atoms with Gasteiger partial charge >= 0.3 is 6.36 Å². The van der Waals surface area contributed by atoms with E-state index in [0.29, 0.717) is 77.5 Å². The summed E-state index contributed by atoms with van der Waals surface area (Å²) in [5.74, 6) is -0.450. The van der Waals surface area contributed by atoms with Crippen LogP contribution in [-0.4, -0.2) is 83.5 Å². The number of aromatic nitrogens is 3. The first-order valence-electron chi connectivity index (χ1n) is 13.4. The van der Waals surface area contributed by atoms with Gasteiger partial charge in [-0.15, -0.1) is 13.2 Å². The summed E-state index contributed by atoms with van der Waals surface area (Å²) in [4.78, 5) is 38.8. The van der Waals surface area contributed by atoms with Gasteiger partial charge in [0.25, 0.3) is 5.91 Å². The number of fused-ring (bicyclic) bond motifs is 2. The minimum atomic E-state index is -4.79.